The van der Waals surface area contributed by atoms with Crippen molar-refractivity contribution < 1.29 is 48.4 Å². The molecule has 2 aliphatic heterocycles. The highest BCUT2D eigenvalue weighted by Gasteiger charge is 2.42. The molecule has 0 bridgehead atoms. The molecular weight excluding hydrogens is 1100 g/mol. The summed E-state index contributed by atoms with van der Waals surface area (Å²) in [5.41, 5.74) is 3.29. The van der Waals surface area contributed by atoms with Gasteiger partial charge in [0.25, 0.3) is 30.4 Å². The Kier molecular flexibility index (Phi) is 14.6. The average Bonchev–Trinajstić information content (AvgIpc) is 3.32. The SMILES string of the molecule is CC1=C(CCCNc2nc(Cl)nc(Nc3ccc(S(=O)(=O)O)cc3S(=O)(=O)O)n2)C=CC2=Nc3c(Cl)c4c(c(Cl)c3OC21)N=C1C=CC(NCCCc2nc(Cl)nc(Cc3ccccc3)n2)=C(S(=O)(=O)O)C1O4. The van der Waals surface area contributed by atoms with E-state index in [2.05, 4.69) is 50.8 Å². The number of aliphatic imine (C=N–C) groups is 2. The van der Waals surface area contributed by atoms with Crippen molar-refractivity contribution in [3.8, 4) is 11.5 Å². The van der Waals surface area contributed by atoms with Gasteiger partial charge in [0.1, 0.15) is 42.9 Å². The summed E-state index contributed by atoms with van der Waals surface area (Å²) in [6.07, 6.45) is 6.89. The van der Waals surface area contributed by atoms with Crippen LogP contribution in [0.5, 0.6) is 11.5 Å². The summed E-state index contributed by atoms with van der Waals surface area (Å²) < 4.78 is 116. The molecule has 0 fully saturated rings. The fourth-order valence-corrected chi connectivity index (χ4v) is 11.0. The van der Waals surface area contributed by atoms with Gasteiger partial charge in [-0.2, -0.15) is 40.2 Å². The second kappa shape index (κ2) is 20.6. The zero-order valence-electron chi connectivity index (χ0n) is 37.5. The van der Waals surface area contributed by atoms with Crippen LogP contribution in [0, 0.1) is 0 Å². The number of hydrogen-bond donors (Lipinski definition) is 6. The molecule has 0 radical (unpaired) electrons. The summed E-state index contributed by atoms with van der Waals surface area (Å²) in [6.45, 7) is 2.43. The minimum Gasteiger partial charge on any atom is -0.476 e. The molecule has 2 atom stereocenters. The van der Waals surface area contributed by atoms with E-state index in [0.29, 0.717) is 62.1 Å². The number of nitrogens with zero attached hydrogens (tertiary/aromatic N) is 8. The summed E-state index contributed by atoms with van der Waals surface area (Å²) in [7, 11) is -14.7. The lowest BCUT2D eigenvalue weighted by Gasteiger charge is -2.34. The number of ether oxygens (including phenoxy) is 2. The monoisotopic (exact) mass is 1130 g/mol. The van der Waals surface area contributed by atoms with Crippen molar-refractivity contribution in [2.24, 2.45) is 9.98 Å². The van der Waals surface area contributed by atoms with Crippen molar-refractivity contribution >= 4 is 117 Å². The van der Waals surface area contributed by atoms with Crippen LogP contribution in [0.3, 0.4) is 0 Å². The Morgan fingerprint density at radius 3 is 1.93 bits per heavy atom. The minimum absolute atomic E-state index is 0.000440. The molecule has 6 N–H and O–H groups in total. The molecule has 9 rings (SSSR count). The van der Waals surface area contributed by atoms with Crippen LogP contribution in [-0.2, 0) is 43.2 Å². The third-order valence-electron chi connectivity index (χ3n) is 11.4. The highest BCUT2D eigenvalue weighted by atomic mass is 35.5. The molecule has 3 aromatic carbocycles. The number of anilines is 3. The quantitative estimate of drug-likeness (QED) is 0.0381. The minimum atomic E-state index is -4.99. The van der Waals surface area contributed by atoms with Gasteiger partial charge in [0, 0.05) is 25.9 Å². The van der Waals surface area contributed by atoms with Crippen molar-refractivity contribution in [1.29, 1.82) is 0 Å². The number of fused-ring (bicyclic) bond motifs is 4. The standard InChI is InChI=1S/C44H37Cl4N11O11S3/c1-21-23(9-5-18-50-43-57-42(48)58-44(59-43)53-25-14-12-24(71(60,61)62)20-29(25)72(63,64)65)11-13-26-36(21)69-38-32(45)35-39(33(46)34(38)51-26)70-37-27(52-35)15-16-28(40(37)73(66,67)68)49-17-6-10-30-54-31(56-41(47)55-30)19-22-7-3-2-4-8-22/h2-4,7-8,11-16,20,36-37,49H,5-6,9-10,17-19H2,1H3,(H,60,61,62)(H,63,64,65)(H,66,67,68)(H2,50,53,57,58,59). The topological polar surface area (TPSA) is 320 Å². The summed E-state index contributed by atoms with van der Waals surface area (Å²) >= 11 is 26.3. The Morgan fingerprint density at radius 1 is 0.630 bits per heavy atom. The average molecular weight is 1130 g/mol. The first-order chi connectivity index (χ1) is 34.6. The Hall–Kier alpha value is -6.13. The van der Waals surface area contributed by atoms with E-state index in [4.69, 9.17) is 60.9 Å². The van der Waals surface area contributed by atoms with E-state index < -0.39 is 57.3 Å². The van der Waals surface area contributed by atoms with Crippen LogP contribution in [-0.4, -0.2) is 106 Å². The molecule has 4 aliphatic rings. The lowest BCUT2D eigenvalue weighted by Crippen LogP contribution is -2.39. The van der Waals surface area contributed by atoms with Gasteiger partial charge in [0.2, 0.25) is 22.5 Å². The van der Waals surface area contributed by atoms with Crippen LogP contribution < -0.4 is 25.4 Å². The van der Waals surface area contributed by atoms with Crippen molar-refractivity contribution in [3.05, 3.63) is 132 Å². The summed E-state index contributed by atoms with van der Waals surface area (Å²) in [4.78, 5) is 32.5. The predicted molar refractivity (Wildman–Crippen MR) is 271 cm³/mol. The molecule has 0 amide bonds. The van der Waals surface area contributed by atoms with E-state index in [9.17, 15) is 38.9 Å². The number of aromatic nitrogens is 6. The Balaban J connectivity index is 0.854. The fraction of sp³-hybridized carbons (Fsp3) is 0.227. The largest absolute Gasteiger partial charge is 0.476 e. The first kappa shape index (κ1) is 51.8. The Morgan fingerprint density at radius 2 is 1.25 bits per heavy atom. The number of rotatable bonds is 17. The zero-order valence-corrected chi connectivity index (χ0v) is 42.9. The molecule has 2 unspecified atom stereocenters. The molecule has 4 heterocycles. The second-order valence-electron chi connectivity index (χ2n) is 16.3. The number of halogens is 4. The molecule has 0 saturated heterocycles. The van der Waals surface area contributed by atoms with E-state index in [0.717, 1.165) is 28.8 Å². The molecule has 2 aliphatic carbocycles. The zero-order chi connectivity index (χ0) is 52.0. The van der Waals surface area contributed by atoms with E-state index in [1.165, 1.54) is 12.2 Å². The van der Waals surface area contributed by atoms with E-state index in [1.54, 1.807) is 6.08 Å². The van der Waals surface area contributed by atoms with Crippen LogP contribution in [0.15, 0.2) is 114 Å². The lowest BCUT2D eigenvalue weighted by atomic mass is 9.91. The third kappa shape index (κ3) is 11.5. The van der Waals surface area contributed by atoms with Crippen molar-refractivity contribution in [2.75, 3.05) is 23.7 Å². The number of benzene rings is 3. The summed E-state index contributed by atoms with van der Waals surface area (Å²) in [6, 6.07) is 12.1. The van der Waals surface area contributed by atoms with Gasteiger partial charge < -0.3 is 25.4 Å². The van der Waals surface area contributed by atoms with Gasteiger partial charge in [0.05, 0.1) is 27.7 Å². The van der Waals surface area contributed by atoms with Crippen LogP contribution in [0.2, 0.25) is 20.6 Å². The van der Waals surface area contributed by atoms with Crippen molar-refractivity contribution in [2.45, 2.75) is 61.0 Å². The van der Waals surface area contributed by atoms with Crippen LogP contribution in [0.1, 0.15) is 43.4 Å². The molecule has 0 saturated carbocycles. The smallest absolute Gasteiger partial charge is 0.296 e. The molecular formula is C44H37Cl4N11O11S3. The molecule has 22 nitrogen and oxygen atoms in total. The number of allylic oxidation sites excluding steroid dienone is 3. The maximum Gasteiger partial charge on any atom is 0.296 e. The van der Waals surface area contributed by atoms with Gasteiger partial charge >= 0.3 is 0 Å². The predicted octanol–water partition coefficient (Wildman–Crippen LogP) is 7.84. The van der Waals surface area contributed by atoms with Crippen LogP contribution >= 0.6 is 46.4 Å². The van der Waals surface area contributed by atoms with Gasteiger partial charge in [-0.15, -0.1) is 0 Å². The molecule has 5 aromatic rings. The first-order valence-electron chi connectivity index (χ1n) is 21.6. The van der Waals surface area contributed by atoms with E-state index in [-0.39, 0.29) is 79.0 Å². The molecule has 73 heavy (non-hydrogen) atoms. The number of hydrogen-bond acceptors (Lipinski definition) is 19. The fourth-order valence-electron chi connectivity index (χ4n) is 8.04. The number of nitrogens with one attached hydrogen (secondary N) is 3. The van der Waals surface area contributed by atoms with E-state index in [1.807, 2.05) is 43.3 Å². The highest BCUT2D eigenvalue weighted by molar-refractivity contribution is 7.90. The van der Waals surface area contributed by atoms with Gasteiger partial charge in [-0.05, 0) is 103 Å². The van der Waals surface area contributed by atoms with Crippen molar-refractivity contribution in [3.63, 3.8) is 0 Å². The maximum absolute atomic E-state index is 13.0. The van der Waals surface area contributed by atoms with Gasteiger partial charge in [-0.25, -0.2) is 24.9 Å². The molecule has 0 spiro atoms. The Bertz CT molecular complexity index is 3660. The highest BCUT2D eigenvalue weighted by Crippen LogP contribution is 2.57. The maximum atomic E-state index is 13.0. The lowest BCUT2D eigenvalue weighted by molar-refractivity contribution is 0.288. The summed E-state index contributed by atoms with van der Waals surface area (Å²) in [5, 5.41) is 8.39. The molecule has 380 valence electrons. The molecule has 2 aromatic heterocycles. The van der Waals surface area contributed by atoms with Crippen LogP contribution in [0.4, 0.5) is 29.0 Å². The van der Waals surface area contributed by atoms with Gasteiger partial charge in [-0.3, -0.25) is 13.7 Å². The van der Waals surface area contributed by atoms with E-state index >= 15 is 0 Å². The normalized spacial score (nSPS) is 17.1. The van der Waals surface area contributed by atoms with Crippen molar-refractivity contribution in [1.82, 2.24) is 35.2 Å². The van der Waals surface area contributed by atoms with Crippen LogP contribution in [0.25, 0.3) is 0 Å². The van der Waals surface area contributed by atoms with Gasteiger partial charge in [0.15, 0.2) is 23.7 Å². The first-order valence-corrected chi connectivity index (χ1v) is 27.5. The third-order valence-corrected chi connectivity index (χ3v) is 15.2. The second-order valence-corrected chi connectivity index (χ2v) is 22.0. The molecule has 29 heteroatoms. The van der Waals surface area contributed by atoms with Gasteiger partial charge in [-0.1, -0.05) is 59.6 Å². The number of aryl methyl sites for hydroxylation is 1. The summed E-state index contributed by atoms with van der Waals surface area (Å²) in [5.74, 6) is 0.769. The Labute approximate surface area is 436 Å².